The Bertz CT molecular complexity index is 352. The van der Waals surface area contributed by atoms with E-state index in [0.29, 0.717) is 18.2 Å². The molecule has 5 heteroatoms. The largest absolute Gasteiger partial charge is 0.374 e. The molecule has 1 aromatic heterocycles. The van der Waals surface area contributed by atoms with Crippen molar-refractivity contribution in [2.75, 3.05) is 26.2 Å². The van der Waals surface area contributed by atoms with Crippen LogP contribution in [0.5, 0.6) is 0 Å². The van der Waals surface area contributed by atoms with Gasteiger partial charge in [0.1, 0.15) is 0 Å². The number of rotatable bonds is 6. The van der Waals surface area contributed by atoms with E-state index in [-0.39, 0.29) is 0 Å². The minimum absolute atomic E-state index is 0.307. The molecule has 0 bridgehead atoms. The second-order valence-corrected chi connectivity index (χ2v) is 5.65. The molecule has 1 N–H and O–H groups in total. The predicted molar refractivity (Wildman–Crippen MR) is 76.1 cm³/mol. The zero-order valence-corrected chi connectivity index (χ0v) is 12.2. The summed E-state index contributed by atoms with van der Waals surface area (Å²) >= 11 is 0. The molecule has 2 heterocycles. The van der Waals surface area contributed by atoms with Crippen molar-refractivity contribution in [1.29, 1.82) is 0 Å². The van der Waals surface area contributed by atoms with Crippen LogP contribution in [0.15, 0.2) is 18.7 Å². The highest BCUT2D eigenvalue weighted by atomic mass is 16.5. The number of morpholine rings is 1. The van der Waals surface area contributed by atoms with E-state index in [1.54, 1.807) is 0 Å². The van der Waals surface area contributed by atoms with E-state index in [1.165, 1.54) is 0 Å². The third-order valence-corrected chi connectivity index (χ3v) is 3.64. The van der Waals surface area contributed by atoms with Gasteiger partial charge in [-0.25, -0.2) is 4.98 Å². The highest BCUT2D eigenvalue weighted by Gasteiger charge is 2.22. The number of nitrogens with one attached hydrogen (secondary N) is 1. The first-order valence-electron chi connectivity index (χ1n) is 7.20. The molecule has 0 radical (unpaired) electrons. The van der Waals surface area contributed by atoms with Crippen LogP contribution in [-0.4, -0.2) is 58.9 Å². The summed E-state index contributed by atoms with van der Waals surface area (Å²) in [6.45, 7) is 11.5. The Morgan fingerprint density at radius 2 is 2.26 bits per heavy atom. The number of imidazole rings is 1. The molecule has 5 nitrogen and oxygen atoms in total. The molecule has 0 amide bonds. The fourth-order valence-corrected chi connectivity index (χ4v) is 2.44. The molecule has 0 aromatic carbocycles. The van der Waals surface area contributed by atoms with Gasteiger partial charge in [0.2, 0.25) is 0 Å². The summed E-state index contributed by atoms with van der Waals surface area (Å²) in [4.78, 5) is 6.54. The van der Waals surface area contributed by atoms with E-state index in [0.717, 1.165) is 32.8 Å². The van der Waals surface area contributed by atoms with Crippen LogP contribution in [0, 0.1) is 0 Å². The van der Waals surface area contributed by atoms with Crippen LogP contribution >= 0.6 is 0 Å². The molecule has 2 atom stereocenters. The summed E-state index contributed by atoms with van der Waals surface area (Å²) in [5, 5.41) is 3.55. The van der Waals surface area contributed by atoms with Gasteiger partial charge in [0.25, 0.3) is 0 Å². The Labute approximate surface area is 116 Å². The van der Waals surface area contributed by atoms with Crippen molar-refractivity contribution in [3.8, 4) is 0 Å². The van der Waals surface area contributed by atoms with E-state index in [1.807, 2.05) is 18.7 Å². The average Bonchev–Trinajstić information content (AvgIpc) is 2.89. The van der Waals surface area contributed by atoms with E-state index in [2.05, 4.69) is 40.5 Å². The minimum atomic E-state index is 0.307. The molecule has 1 aromatic rings. The lowest BCUT2D eigenvalue weighted by Gasteiger charge is -2.36. The van der Waals surface area contributed by atoms with Gasteiger partial charge >= 0.3 is 0 Å². The maximum Gasteiger partial charge on any atom is 0.0946 e. The van der Waals surface area contributed by atoms with Crippen LogP contribution in [0.1, 0.15) is 20.8 Å². The Kier molecular flexibility index (Phi) is 5.36. The number of aromatic nitrogens is 2. The fraction of sp³-hybridized carbons (Fsp3) is 0.786. The lowest BCUT2D eigenvalue weighted by Crippen LogP contribution is -2.50. The fourth-order valence-electron chi connectivity index (χ4n) is 2.44. The molecule has 0 spiro atoms. The van der Waals surface area contributed by atoms with Gasteiger partial charge in [-0.15, -0.1) is 0 Å². The van der Waals surface area contributed by atoms with Crippen LogP contribution in [0.2, 0.25) is 0 Å². The zero-order valence-electron chi connectivity index (χ0n) is 12.2. The smallest absolute Gasteiger partial charge is 0.0946 e. The van der Waals surface area contributed by atoms with Crippen LogP contribution in [0.4, 0.5) is 0 Å². The van der Waals surface area contributed by atoms with Gasteiger partial charge in [-0.2, -0.15) is 0 Å². The summed E-state index contributed by atoms with van der Waals surface area (Å²) in [5.74, 6) is 0. The first-order chi connectivity index (χ1) is 9.15. The molecule has 108 valence electrons. The Morgan fingerprint density at radius 3 is 2.95 bits per heavy atom. The molecule has 0 saturated carbocycles. The van der Waals surface area contributed by atoms with Crippen molar-refractivity contribution in [2.24, 2.45) is 0 Å². The lowest BCUT2D eigenvalue weighted by atomic mass is 10.2. The van der Waals surface area contributed by atoms with Gasteiger partial charge in [-0.05, 0) is 20.8 Å². The van der Waals surface area contributed by atoms with Gasteiger partial charge < -0.3 is 14.6 Å². The SMILES string of the molecule is CC(Cn1ccnc1)NCC1CN(C(C)C)CCO1. The van der Waals surface area contributed by atoms with Crippen molar-refractivity contribution in [2.45, 2.75) is 45.5 Å². The van der Waals surface area contributed by atoms with Gasteiger partial charge in [0.15, 0.2) is 0 Å². The summed E-state index contributed by atoms with van der Waals surface area (Å²) in [6, 6.07) is 1.03. The number of ether oxygens (including phenoxy) is 1. The van der Waals surface area contributed by atoms with Crippen LogP contribution in [0.25, 0.3) is 0 Å². The summed E-state index contributed by atoms with van der Waals surface area (Å²) in [5.41, 5.74) is 0. The standard InChI is InChI=1S/C14H26N4O/c1-12(2)18-6-7-19-14(10-18)8-16-13(3)9-17-5-4-15-11-17/h4-5,11-14,16H,6-10H2,1-3H3. The van der Waals surface area contributed by atoms with Crippen molar-refractivity contribution in [1.82, 2.24) is 19.8 Å². The molecule has 0 aliphatic carbocycles. The van der Waals surface area contributed by atoms with Crippen molar-refractivity contribution < 1.29 is 4.74 Å². The second-order valence-electron chi connectivity index (χ2n) is 5.65. The van der Waals surface area contributed by atoms with Gasteiger partial charge in [0, 0.05) is 50.7 Å². The first-order valence-corrected chi connectivity index (χ1v) is 7.20. The van der Waals surface area contributed by atoms with Gasteiger partial charge in [-0.3, -0.25) is 4.90 Å². The summed E-state index contributed by atoms with van der Waals surface area (Å²) in [6.07, 6.45) is 5.98. The predicted octanol–water partition coefficient (Wildman–Crippen LogP) is 0.970. The van der Waals surface area contributed by atoms with Crippen LogP contribution in [0.3, 0.4) is 0 Å². The van der Waals surface area contributed by atoms with Crippen molar-refractivity contribution >= 4 is 0 Å². The monoisotopic (exact) mass is 266 g/mol. The van der Waals surface area contributed by atoms with Gasteiger partial charge in [0.05, 0.1) is 19.0 Å². The van der Waals surface area contributed by atoms with E-state index >= 15 is 0 Å². The van der Waals surface area contributed by atoms with E-state index in [4.69, 9.17) is 4.74 Å². The van der Waals surface area contributed by atoms with Crippen molar-refractivity contribution in [3.05, 3.63) is 18.7 Å². The zero-order chi connectivity index (χ0) is 13.7. The van der Waals surface area contributed by atoms with Crippen molar-refractivity contribution in [3.63, 3.8) is 0 Å². The third kappa shape index (κ3) is 4.60. The van der Waals surface area contributed by atoms with Crippen LogP contribution in [-0.2, 0) is 11.3 Å². The molecular formula is C14H26N4O. The first kappa shape index (κ1) is 14.5. The normalized spacial score (nSPS) is 22.8. The van der Waals surface area contributed by atoms with E-state index in [9.17, 15) is 0 Å². The summed E-state index contributed by atoms with van der Waals surface area (Å²) < 4.78 is 7.92. The number of nitrogens with zero attached hydrogens (tertiary/aromatic N) is 3. The number of hydrogen-bond acceptors (Lipinski definition) is 4. The Balaban J connectivity index is 1.69. The third-order valence-electron chi connectivity index (χ3n) is 3.64. The number of hydrogen-bond donors (Lipinski definition) is 1. The molecule has 2 unspecified atom stereocenters. The average molecular weight is 266 g/mol. The molecule has 1 aliphatic heterocycles. The molecule has 1 saturated heterocycles. The lowest BCUT2D eigenvalue weighted by molar-refractivity contribution is -0.0381. The highest BCUT2D eigenvalue weighted by Crippen LogP contribution is 2.08. The Morgan fingerprint density at radius 1 is 1.42 bits per heavy atom. The minimum Gasteiger partial charge on any atom is -0.374 e. The highest BCUT2D eigenvalue weighted by molar-refractivity contribution is 4.79. The summed E-state index contributed by atoms with van der Waals surface area (Å²) in [7, 11) is 0. The second kappa shape index (κ2) is 7.03. The maximum atomic E-state index is 5.82. The van der Waals surface area contributed by atoms with Gasteiger partial charge in [-0.1, -0.05) is 0 Å². The van der Waals surface area contributed by atoms with E-state index < -0.39 is 0 Å². The molecule has 19 heavy (non-hydrogen) atoms. The molecule has 2 rings (SSSR count). The topological polar surface area (TPSA) is 42.3 Å². The molecule has 1 fully saturated rings. The quantitative estimate of drug-likeness (QED) is 0.833. The molecular weight excluding hydrogens is 240 g/mol. The molecule has 1 aliphatic rings. The maximum absolute atomic E-state index is 5.82. The van der Waals surface area contributed by atoms with Crippen LogP contribution < -0.4 is 5.32 Å². The Hall–Kier alpha value is -0.910.